The second-order valence-corrected chi connectivity index (χ2v) is 11.0. The number of aryl methyl sites for hydroxylation is 1. The van der Waals surface area contributed by atoms with Gasteiger partial charge in [-0.1, -0.05) is 45.7 Å². The Kier molecular flexibility index (Phi) is 7.05. The van der Waals surface area contributed by atoms with Gasteiger partial charge in [-0.15, -0.1) is 0 Å². The lowest BCUT2D eigenvalue weighted by atomic mass is 9.68. The minimum atomic E-state index is -0.643. The van der Waals surface area contributed by atoms with Crippen molar-refractivity contribution in [2.75, 3.05) is 13.7 Å². The average molecular weight is 569 g/mol. The van der Waals surface area contributed by atoms with Gasteiger partial charge in [0.2, 0.25) is 5.88 Å². The van der Waals surface area contributed by atoms with E-state index in [9.17, 15) is 4.39 Å². The summed E-state index contributed by atoms with van der Waals surface area (Å²) in [5.41, 5.74) is 11.5. The molecule has 0 radical (unpaired) electrons. The summed E-state index contributed by atoms with van der Waals surface area (Å²) in [4.78, 5) is 4.84. The van der Waals surface area contributed by atoms with Crippen LogP contribution in [0.25, 0.3) is 10.9 Å². The number of pyridine rings is 1. The van der Waals surface area contributed by atoms with Crippen LogP contribution in [0, 0.1) is 12.7 Å². The molecule has 2 heterocycles. The maximum absolute atomic E-state index is 13.8. The Labute approximate surface area is 224 Å². The topological polar surface area (TPSA) is 60.2 Å². The number of ether oxygens (including phenoxy) is 1. The van der Waals surface area contributed by atoms with E-state index in [0.717, 1.165) is 50.6 Å². The molecule has 1 aliphatic rings. The van der Waals surface area contributed by atoms with Gasteiger partial charge in [-0.2, -0.15) is 0 Å². The highest BCUT2D eigenvalue weighted by molar-refractivity contribution is 9.10. The molecule has 5 rings (SSSR count). The highest BCUT2D eigenvalue weighted by Crippen LogP contribution is 2.46. The maximum atomic E-state index is 13.8. The molecule has 4 nitrogen and oxygen atoms in total. The fourth-order valence-electron chi connectivity index (χ4n) is 5.57. The number of aromatic nitrogens is 1. The molecule has 1 aromatic heterocycles. The number of nitrogens with one attached hydrogen (secondary N) is 1. The number of piperidine rings is 1. The van der Waals surface area contributed by atoms with Gasteiger partial charge in [0, 0.05) is 37.9 Å². The molecule has 1 saturated heterocycles. The molecule has 0 amide bonds. The Balaban J connectivity index is 1.67. The molecular formula is C29H28BrClFN3O. The number of methoxy groups -OCH3 is 1. The highest BCUT2D eigenvalue weighted by Gasteiger charge is 2.43. The van der Waals surface area contributed by atoms with Crippen LogP contribution < -0.4 is 15.8 Å². The van der Waals surface area contributed by atoms with E-state index >= 15 is 0 Å². The number of halogens is 3. The first-order valence-electron chi connectivity index (χ1n) is 12.0. The van der Waals surface area contributed by atoms with Crippen molar-refractivity contribution in [3.63, 3.8) is 0 Å². The van der Waals surface area contributed by atoms with Crippen molar-refractivity contribution in [3.05, 3.63) is 104 Å². The van der Waals surface area contributed by atoms with Gasteiger partial charge in [0.25, 0.3) is 0 Å². The fourth-order valence-corrected chi connectivity index (χ4v) is 6.15. The van der Waals surface area contributed by atoms with E-state index in [1.165, 1.54) is 6.07 Å². The number of nitrogens with two attached hydrogens (primary N) is 1. The summed E-state index contributed by atoms with van der Waals surface area (Å²) in [6.45, 7) is 2.67. The third-order valence-corrected chi connectivity index (χ3v) is 7.93. The molecule has 0 spiro atoms. The standard InChI is InChI=1S/C29H28BrClFN3O/c1-17-12-22(32)7-8-23(17)26-16-29(33,10-11-34-26)27(18-4-3-5-21(31)14-18)24-15-19-13-20(30)6-9-25(19)35-28(24)36-2/h3-9,12-15,26-27,34H,10-11,16,33H2,1-2H3. The third kappa shape index (κ3) is 4.88. The smallest absolute Gasteiger partial charge is 0.217 e. The zero-order valence-corrected chi connectivity index (χ0v) is 22.5. The lowest BCUT2D eigenvalue weighted by Gasteiger charge is -2.45. The predicted octanol–water partition coefficient (Wildman–Crippen LogP) is 7.06. The number of hydrogen-bond acceptors (Lipinski definition) is 4. The average Bonchev–Trinajstić information content (AvgIpc) is 2.83. The maximum Gasteiger partial charge on any atom is 0.217 e. The van der Waals surface area contributed by atoms with Gasteiger partial charge >= 0.3 is 0 Å². The van der Waals surface area contributed by atoms with Crippen molar-refractivity contribution in [2.45, 2.75) is 37.3 Å². The highest BCUT2D eigenvalue weighted by atomic mass is 79.9. The number of rotatable bonds is 5. The lowest BCUT2D eigenvalue weighted by molar-refractivity contribution is 0.229. The number of benzene rings is 3. The van der Waals surface area contributed by atoms with E-state index in [1.807, 2.05) is 43.3 Å². The molecule has 0 bridgehead atoms. The van der Waals surface area contributed by atoms with Crippen molar-refractivity contribution < 1.29 is 9.13 Å². The van der Waals surface area contributed by atoms with Gasteiger partial charge < -0.3 is 15.8 Å². The van der Waals surface area contributed by atoms with Gasteiger partial charge in [-0.05, 0) is 91.5 Å². The summed E-state index contributed by atoms with van der Waals surface area (Å²) in [7, 11) is 1.64. The summed E-state index contributed by atoms with van der Waals surface area (Å²) in [6, 6.07) is 20.9. The molecule has 7 heteroatoms. The van der Waals surface area contributed by atoms with Gasteiger partial charge in [0.1, 0.15) is 5.82 Å². The molecule has 4 aromatic rings. The number of nitrogens with zero attached hydrogens (tertiary/aromatic N) is 1. The summed E-state index contributed by atoms with van der Waals surface area (Å²) in [6.07, 6.45) is 1.39. The summed E-state index contributed by atoms with van der Waals surface area (Å²) < 4.78 is 20.6. The normalized spacial score (nSPS) is 20.9. The molecule has 3 aromatic carbocycles. The van der Waals surface area contributed by atoms with Gasteiger partial charge in [-0.25, -0.2) is 9.37 Å². The molecule has 3 N–H and O–H groups in total. The molecule has 3 unspecified atom stereocenters. The van der Waals surface area contributed by atoms with Crippen LogP contribution in [-0.2, 0) is 0 Å². The monoisotopic (exact) mass is 567 g/mol. The molecule has 0 aliphatic carbocycles. The van der Waals surface area contributed by atoms with E-state index in [-0.39, 0.29) is 17.8 Å². The van der Waals surface area contributed by atoms with Crippen molar-refractivity contribution >= 4 is 38.4 Å². The molecule has 0 saturated carbocycles. The van der Waals surface area contributed by atoms with E-state index in [1.54, 1.807) is 13.2 Å². The number of fused-ring (bicyclic) bond motifs is 1. The zero-order chi connectivity index (χ0) is 25.4. The molecular weight excluding hydrogens is 541 g/mol. The van der Waals surface area contributed by atoms with E-state index in [4.69, 9.17) is 27.1 Å². The van der Waals surface area contributed by atoms with Crippen molar-refractivity contribution in [1.29, 1.82) is 0 Å². The number of hydrogen-bond donors (Lipinski definition) is 2. The molecule has 1 aliphatic heterocycles. The summed E-state index contributed by atoms with van der Waals surface area (Å²) >= 11 is 10.0. The Morgan fingerprint density at radius 1 is 1.17 bits per heavy atom. The van der Waals surface area contributed by atoms with E-state index < -0.39 is 5.54 Å². The summed E-state index contributed by atoms with van der Waals surface area (Å²) in [5.74, 6) is 0.0843. The second kappa shape index (κ2) is 10.1. The van der Waals surface area contributed by atoms with Crippen molar-refractivity contribution in [3.8, 4) is 5.88 Å². The van der Waals surface area contributed by atoms with Crippen LogP contribution >= 0.6 is 27.5 Å². The van der Waals surface area contributed by atoms with Gasteiger partial charge in [0.15, 0.2) is 0 Å². The zero-order valence-electron chi connectivity index (χ0n) is 20.2. The van der Waals surface area contributed by atoms with Crippen LogP contribution in [0.5, 0.6) is 5.88 Å². The lowest BCUT2D eigenvalue weighted by Crippen LogP contribution is -2.54. The van der Waals surface area contributed by atoms with E-state index in [0.29, 0.717) is 17.3 Å². The van der Waals surface area contributed by atoms with Crippen LogP contribution in [0.4, 0.5) is 4.39 Å². The van der Waals surface area contributed by atoms with Crippen LogP contribution in [0.1, 0.15) is 47.1 Å². The van der Waals surface area contributed by atoms with Crippen molar-refractivity contribution in [2.24, 2.45) is 5.73 Å². The Hall–Kier alpha value is -2.51. The molecule has 1 fully saturated rings. The first kappa shape index (κ1) is 25.2. The minimum absolute atomic E-state index is 0.0143. The fraction of sp³-hybridized carbons (Fsp3) is 0.276. The Bertz CT molecular complexity index is 1430. The van der Waals surface area contributed by atoms with E-state index in [2.05, 4.69) is 39.4 Å². The largest absolute Gasteiger partial charge is 0.481 e. The molecule has 36 heavy (non-hydrogen) atoms. The predicted molar refractivity (Wildman–Crippen MR) is 147 cm³/mol. The molecule has 3 atom stereocenters. The first-order valence-corrected chi connectivity index (χ1v) is 13.1. The Morgan fingerprint density at radius 2 is 2.00 bits per heavy atom. The quantitative estimate of drug-likeness (QED) is 0.271. The first-order chi connectivity index (χ1) is 17.3. The van der Waals surface area contributed by atoms with Gasteiger partial charge in [-0.3, -0.25) is 0 Å². The molecule has 186 valence electrons. The second-order valence-electron chi connectivity index (χ2n) is 9.61. The van der Waals surface area contributed by atoms with Crippen LogP contribution in [0.15, 0.2) is 71.2 Å². The SMILES string of the molecule is COc1nc2ccc(Br)cc2cc1C(c1cccc(Cl)c1)C1(N)CCNC(c2ccc(F)cc2C)C1. The summed E-state index contributed by atoms with van der Waals surface area (Å²) in [5, 5.41) is 5.25. The van der Waals surface area contributed by atoms with Crippen LogP contribution in [-0.4, -0.2) is 24.2 Å². The third-order valence-electron chi connectivity index (χ3n) is 7.20. The minimum Gasteiger partial charge on any atom is -0.481 e. The van der Waals surface area contributed by atoms with Gasteiger partial charge in [0.05, 0.1) is 12.6 Å². The van der Waals surface area contributed by atoms with Crippen LogP contribution in [0.3, 0.4) is 0 Å². The van der Waals surface area contributed by atoms with Crippen molar-refractivity contribution in [1.82, 2.24) is 10.3 Å². The Morgan fingerprint density at radius 3 is 2.75 bits per heavy atom. The van der Waals surface area contributed by atoms with Crippen LogP contribution in [0.2, 0.25) is 5.02 Å².